The Labute approximate surface area is 145 Å². The maximum absolute atomic E-state index is 12.9. The van der Waals surface area contributed by atoms with Gasteiger partial charge in [-0.2, -0.15) is 0 Å². The van der Waals surface area contributed by atoms with Crippen LogP contribution in [-0.4, -0.2) is 23.4 Å². The molecule has 5 aliphatic rings. The molecule has 1 aliphatic heterocycles. The lowest BCUT2D eigenvalue weighted by Gasteiger charge is -2.37. The molecule has 6 rings (SSSR count). The van der Waals surface area contributed by atoms with Gasteiger partial charge in [0.25, 0.3) is 0 Å². The van der Waals surface area contributed by atoms with E-state index in [1.807, 2.05) is 25.1 Å². The first kappa shape index (κ1) is 14.5. The van der Waals surface area contributed by atoms with Crippen LogP contribution in [-0.2, 0) is 9.59 Å². The Morgan fingerprint density at radius 3 is 2.38 bits per heavy atom. The second-order valence-electron chi connectivity index (χ2n) is 7.51. The molecule has 24 heavy (non-hydrogen) atoms. The Kier molecular flexibility index (Phi) is 2.94. The number of carbonyl (C=O) groups is 2. The summed E-state index contributed by atoms with van der Waals surface area (Å²) in [6.45, 7) is 2.15. The summed E-state index contributed by atoms with van der Waals surface area (Å²) in [6, 6.07) is 5.61. The summed E-state index contributed by atoms with van der Waals surface area (Å²) in [5, 5.41) is 3.89. The van der Waals surface area contributed by atoms with E-state index in [1.165, 1.54) is 11.3 Å². The van der Waals surface area contributed by atoms with E-state index >= 15 is 0 Å². The molecule has 0 spiro atoms. The van der Waals surface area contributed by atoms with E-state index in [0.717, 1.165) is 11.3 Å². The summed E-state index contributed by atoms with van der Waals surface area (Å²) in [4.78, 5) is 27.2. The second kappa shape index (κ2) is 4.85. The van der Waals surface area contributed by atoms with E-state index in [2.05, 4.69) is 17.5 Å². The molecule has 0 radical (unpaired) electrons. The predicted octanol–water partition coefficient (Wildman–Crippen LogP) is 3.07. The van der Waals surface area contributed by atoms with Crippen LogP contribution in [0.1, 0.15) is 12.0 Å². The smallest absolute Gasteiger partial charge is 0.235 e. The van der Waals surface area contributed by atoms with Crippen molar-refractivity contribution < 1.29 is 9.59 Å². The average Bonchev–Trinajstić information content (AvgIpc) is 3.35. The van der Waals surface area contributed by atoms with Crippen molar-refractivity contribution in [3.63, 3.8) is 0 Å². The normalized spacial score (nSPS) is 38.3. The van der Waals surface area contributed by atoms with Crippen molar-refractivity contribution in [2.24, 2.45) is 35.5 Å². The van der Waals surface area contributed by atoms with Gasteiger partial charge in [-0.25, -0.2) is 0 Å². The molecule has 6 atom stereocenters. The van der Waals surface area contributed by atoms with E-state index in [0.29, 0.717) is 16.9 Å². The zero-order chi connectivity index (χ0) is 16.6. The highest BCUT2D eigenvalue weighted by molar-refractivity contribution is 6.31. The van der Waals surface area contributed by atoms with Gasteiger partial charge in [-0.3, -0.25) is 14.5 Å². The van der Waals surface area contributed by atoms with Crippen LogP contribution in [0.15, 0.2) is 30.4 Å². The summed E-state index contributed by atoms with van der Waals surface area (Å²) < 4.78 is 0. The molecule has 0 aromatic heterocycles. The van der Waals surface area contributed by atoms with Crippen molar-refractivity contribution in [1.29, 1.82) is 0 Å². The molecule has 0 unspecified atom stereocenters. The Hall–Kier alpha value is -1.81. The van der Waals surface area contributed by atoms with Gasteiger partial charge in [-0.1, -0.05) is 29.8 Å². The van der Waals surface area contributed by atoms with Crippen LogP contribution >= 0.6 is 11.6 Å². The molecule has 1 aromatic rings. The molecule has 4 nitrogen and oxygen atoms in total. The van der Waals surface area contributed by atoms with Crippen molar-refractivity contribution in [2.45, 2.75) is 13.3 Å². The number of allylic oxidation sites excluding steroid dienone is 2. The fourth-order valence-electron chi connectivity index (χ4n) is 5.14. The standard InChI is InChI=1S/C19H19ClN2O2/c1-9-14(20)3-2-4-15(9)21-8-22-18(23)16-10-5-6-11(13-7-12(10)13)17(16)19(22)24/h2-6,10-13,16-17,21H,7-8H2,1H3/t10-,11-,12-,13+,16-,17-/m1/s1. The number of nitrogens with zero attached hydrogens (tertiary/aromatic N) is 1. The minimum Gasteiger partial charge on any atom is -0.367 e. The number of anilines is 1. The first-order valence-electron chi connectivity index (χ1n) is 8.60. The van der Waals surface area contributed by atoms with Gasteiger partial charge in [0, 0.05) is 10.7 Å². The molecule has 1 heterocycles. The monoisotopic (exact) mass is 342 g/mol. The van der Waals surface area contributed by atoms with Gasteiger partial charge in [-0.15, -0.1) is 0 Å². The molecule has 2 amide bonds. The first-order valence-corrected chi connectivity index (χ1v) is 8.98. The van der Waals surface area contributed by atoms with Crippen LogP contribution in [0.2, 0.25) is 5.02 Å². The van der Waals surface area contributed by atoms with E-state index in [9.17, 15) is 9.59 Å². The molecular weight excluding hydrogens is 324 g/mol. The molecule has 1 N–H and O–H groups in total. The third-order valence-electron chi connectivity index (χ3n) is 6.45. The van der Waals surface area contributed by atoms with Crippen LogP contribution in [0.3, 0.4) is 0 Å². The van der Waals surface area contributed by atoms with Crippen molar-refractivity contribution in [2.75, 3.05) is 12.0 Å². The Bertz CT molecular complexity index is 754. The highest BCUT2D eigenvalue weighted by atomic mass is 35.5. The maximum atomic E-state index is 12.9. The van der Waals surface area contributed by atoms with Gasteiger partial charge >= 0.3 is 0 Å². The highest BCUT2D eigenvalue weighted by Gasteiger charge is 2.66. The van der Waals surface area contributed by atoms with Crippen LogP contribution < -0.4 is 5.32 Å². The van der Waals surface area contributed by atoms with Crippen molar-refractivity contribution in [3.8, 4) is 0 Å². The van der Waals surface area contributed by atoms with Gasteiger partial charge < -0.3 is 5.32 Å². The fraction of sp³-hybridized carbons (Fsp3) is 0.474. The van der Waals surface area contributed by atoms with Crippen molar-refractivity contribution in [3.05, 3.63) is 40.9 Å². The molecule has 124 valence electrons. The molecule has 2 bridgehead atoms. The quantitative estimate of drug-likeness (QED) is 0.678. The number of amides is 2. The van der Waals surface area contributed by atoms with Crippen molar-refractivity contribution >= 4 is 29.1 Å². The zero-order valence-corrected chi connectivity index (χ0v) is 14.2. The topological polar surface area (TPSA) is 49.4 Å². The van der Waals surface area contributed by atoms with Gasteiger partial charge in [0.1, 0.15) is 0 Å². The molecular formula is C19H19ClN2O2. The number of hydrogen-bond acceptors (Lipinski definition) is 3. The lowest BCUT2D eigenvalue weighted by atomic mass is 9.63. The summed E-state index contributed by atoms with van der Waals surface area (Å²) >= 11 is 6.14. The van der Waals surface area contributed by atoms with Crippen LogP contribution in [0.4, 0.5) is 5.69 Å². The number of imide groups is 1. The van der Waals surface area contributed by atoms with E-state index < -0.39 is 0 Å². The predicted molar refractivity (Wildman–Crippen MR) is 91.2 cm³/mol. The van der Waals surface area contributed by atoms with Gasteiger partial charge in [0.2, 0.25) is 11.8 Å². The molecule has 5 heteroatoms. The highest BCUT2D eigenvalue weighted by Crippen LogP contribution is 2.65. The SMILES string of the molecule is Cc1c(Cl)cccc1NCN1C(=O)[C@@H]2[C@@H]3C=C[C@H]([C@@H]4C[C@H]34)[C@H]2C1=O. The molecule has 2 saturated carbocycles. The molecule has 1 aromatic carbocycles. The first-order chi connectivity index (χ1) is 11.6. The number of hydrogen-bond donors (Lipinski definition) is 1. The Balaban J connectivity index is 1.38. The molecule has 4 aliphatic carbocycles. The number of nitrogens with one attached hydrogen (secondary N) is 1. The number of rotatable bonds is 3. The van der Waals surface area contributed by atoms with Crippen LogP contribution in [0.25, 0.3) is 0 Å². The maximum Gasteiger partial charge on any atom is 0.235 e. The van der Waals surface area contributed by atoms with Gasteiger partial charge in [0.15, 0.2) is 0 Å². The number of carbonyl (C=O) groups excluding carboxylic acids is 2. The summed E-state index contributed by atoms with van der Waals surface area (Å²) in [5.41, 5.74) is 1.79. The Morgan fingerprint density at radius 2 is 1.75 bits per heavy atom. The van der Waals surface area contributed by atoms with E-state index in [-0.39, 0.29) is 42.2 Å². The fourth-order valence-corrected chi connectivity index (χ4v) is 5.31. The third kappa shape index (κ3) is 1.80. The van der Waals surface area contributed by atoms with Crippen LogP contribution in [0.5, 0.6) is 0 Å². The second-order valence-corrected chi connectivity index (χ2v) is 7.91. The molecule has 1 saturated heterocycles. The summed E-state index contributed by atoms with van der Waals surface area (Å²) in [5.74, 6) is 1.58. The summed E-state index contributed by atoms with van der Waals surface area (Å²) in [7, 11) is 0. The lowest BCUT2D eigenvalue weighted by molar-refractivity contribution is -0.139. The lowest BCUT2D eigenvalue weighted by Crippen LogP contribution is -2.40. The number of benzene rings is 1. The third-order valence-corrected chi connectivity index (χ3v) is 6.86. The average molecular weight is 343 g/mol. The summed E-state index contributed by atoms with van der Waals surface area (Å²) in [6.07, 6.45) is 5.59. The number of likely N-dealkylation sites (tertiary alicyclic amines) is 1. The minimum absolute atomic E-state index is 0.00174. The number of halogens is 1. The van der Waals surface area contributed by atoms with E-state index in [4.69, 9.17) is 11.6 Å². The minimum atomic E-state index is -0.126. The van der Waals surface area contributed by atoms with Crippen LogP contribution in [0, 0.1) is 42.4 Å². The van der Waals surface area contributed by atoms with Gasteiger partial charge in [-0.05, 0) is 54.7 Å². The van der Waals surface area contributed by atoms with Gasteiger partial charge in [0.05, 0.1) is 18.5 Å². The van der Waals surface area contributed by atoms with E-state index in [1.54, 1.807) is 0 Å². The van der Waals surface area contributed by atoms with Crippen molar-refractivity contribution in [1.82, 2.24) is 4.90 Å². The Morgan fingerprint density at radius 1 is 1.12 bits per heavy atom. The largest absolute Gasteiger partial charge is 0.367 e. The zero-order valence-electron chi connectivity index (χ0n) is 13.4. The molecule has 3 fully saturated rings.